The fraction of sp³-hybridized carbons (Fsp3) is 0.700. The summed E-state index contributed by atoms with van der Waals surface area (Å²) in [4.78, 5) is 11.1. The fourth-order valence-electron chi connectivity index (χ4n) is 1.07. The summed E-state index contributed by atoms with van der Waals surface area (Å²) in [6, 6.07) is 0. The van der Waals surface area contributed by atoms with Gasteiger partial charge in [0.2, 0.25) is 0 Å². The number of rotatable bonds is 4. The monoisotopic (exact) mass is 200 g/mol. The largest absolute Gasteiger partial charge is 0.393 e. The summed E-state index contributed by atoms with van der Waals surface area (Å²) in [6.45, 7) is 4.33. The van der Waals surface area contributed by atoms with Crippen molar-refractivity contribution in [2.45, 2.75) is 26.2 Å². The van der Waals surface area contributed by atoms with Crippen LogP contribution in [0.4, 0.5) is 0 Å². The minimum atomic E-state index is -0.767. The first-order valence-corrected chi connectivity index (χ1v) is 4.73. The smallest absolute Gasteiger partial charge is 0.186 e. The van der Waals surface area contributed by atoms with E-state index in [1.54, 1.807) is 6.08 Å². The molecular weight excluding hydrogens is 184 g/mol. The third-order valence-corrected chi connectivity index (χ3v) is 1.79. The highest BCUT2D eigenvalue weighted by atomic mass is 16.7. The summed E-state index contributed by atoms with van der Waals surface area (Å²) in [7, 11) is 0. The molecule has 0 aromatic heterocycles. The number of aliphatic hydroxyl groups is 1. The maximum absolute atomic E-state index is 11.1. The molecule has 4 heteroatoms. The normalized spacial score (nSPS) is 27.3. The molecule has 1 N–H and O–H groups in total. The lowest BCUT2D eigenvalue weighted by Crippen LogP contribution is -2.36. The van der Waals surface area contributed by atoms with Gasteiger partial charge in [-0.2, -0.15) is 0 Å². The molecular formula is C10H16O4. The minimum Gasteiger partial charge on any atom is -0.393 e. The molecule has 1 rings (SSSR count). The van der Waals surface area contributed by atoms with E-state index >= 15 is 0 Å². The second kappa shape index (κ2) is 5.24. The van der Waals surface area contributed by atoms with Crippen molar-refractivity contribution >= 4 is 5.78 Å². The summed E-state index contributed by atoms with van der Waals surface area (Å²) in [5, 5.41) is 8.82. The van der Waals surface area contributed by atoms with Crippen LogP contribution in [0.5, 0.6) is 0 Å². The van der Waals surface area contributed by atoms with E-state index in [-0.39, 0.29) is 12.4 Å². The average Bonchev–Trinajstić information content (AvgIpc) is 2.16. The Hall–Kier alpha value is -0.710. The second-order valence-corrected chi connectivity index (χ2v) is 3.66. The van der Waals surface area contributed by atoms with Crippen LogP contribution in [0, 0.1) is 5.92 Å². The standard InChI is InChI=1S/C10H16O4/c1-7(2)6-13-10-4-3-8(12)9(5-11)14-10/h3-4,7,9-11H,5-6H2,1-2H3/t9-,10+/m1/s1. The van der Waals surface area contributed by atoms with Crippen molar-refractivity contribution < 1.29 is 19.4 Å². The molecule has 0 bridgehead atoms. The van der Waals surface area contributed by atoms with E-state index in [4.69, 9.17) is 14.6 Å². The second-order valence-electron chi connectivity index (χ2n) is 3.66. The third kappa shape index (κ3) is 3.21. The summed E-state index contributed by atoms with van der Waals surface area (Å²) in [6.07, 6.45) is 1.69. The number of carbonyl (C=O) groups is 1. The van der Waals surface area contributed by atoms with Crippen molar-refractivity contribution in [1.82, 2.24) is 0 Å². The van der Waals surface area contributed by atoms with Crippen LogP contribution in [0.15, 0.2) is 12.2 Å². The van der Waals surface area contributed by atoms with E-state index in [9.17, 15) is 4.79 Å². The zero-order valence-corrected chi connectivity index (χ0v) is 8.47. The Kier molecular flexibility index (Phi) is 4.25. The van der Waals surface area contributed by atoms with Crippen LogP contribution in [-0.4, -0.2) is 36.5 Å². The summed E-state index contributed by atoms with van der Waals surface area (Å²) < 4.78 is 10.5. The van der Waals surface area contributed by atoms with Gasteiger partial charge in [-0.1, -0.05) is 13.8 Å². The third-order valence-electron chi connectivity index (χ3n) is 1.79. The highest BCUT2D eigenvalue weighted by molar-refractivity contribution is 5.94. The van der Waals surface area contributed by atoms with Crippen LogP contribution in [0.25, 0.3) is 0 Å². The molecule has 1 heterocycles. The molecule has 0 fully saturated rings. The van der Waals surface area contributed by atoms with Gasteiger partial charge in [0.15, 0.2) is 12.1 Å². The average molecular weight is 200 g/mol. The summed E-state index contributed by atoms with van der Waals surface area (Å²) in [5.41, 5.74) is 0. The molecule has 0 radical (unpaired) electrons. The van der Waals surface area contributed by atoms with Gasteiger partial charge in [0.25, 0.3) is 0 Å². The molecule has 1 aliphatic rings. The molecule has 0 spiro atoms. The van der Waals surface area contributed by atoms with Crippen molar-refractivity contribution in [2.24, 2.45) is 5.92 Å². The van der Waals surface area contributed by atoms with E-state index in [1.165, 1.54) is 6.08 Å². The molecule has 1 aliphatic heterocycles. The van der Waals surface area contributed by atoms with Crippen molar-refractivity contribution in [3.05, 3.63) is 12.2 Å². The van der Waals surface area contributed by atoms with Crippen LogP contribution in [0.3, 0.4) is 0 Å². The molecule has 0 saturated heterocycles. The Bertz CT molecular complexity index is 222. The van der Waals surface area contributed by atoms with Crippen molar-refractivity contribution in [1.29, 1.82) is 0 Å². The maximum atomic E-state index is 11.1. The Morgan fingerprint density at radius 3 is 2.93 bits per heavy atom. The molecule has 0 amide bonds. The van der Waals surface area contributed by atoms with Crippen LogP contribution in [-0.2, 0) is 14.3 Å². The molecule has 80 valence electrons. The molecule has 0 saturated carbocycles. The summed E-state index contributed by atoms with van der Waals surface area (Å²) >= 11 is 0. The quantitative estimate of drug-likeness (QED) is 0.718. The van der Waals surface area contributed by atoms with Gasteiger partial charge in [-0.15, -0.1) is 0 Å². The van der Waals surface area contributed by atoms with Crippen molar-refractivity contribution in [3.8, 4) is 0 Å². The molecule has 2 atom stereocenters. The van der Waals surface area contributed by atoms with Gasteiger partial charge in [-0.3, -0.25) is 4.79 Å². The van der Waals surface area contributed by atoms with Gasteiger partial charge < -0.3 is 14.6 Å². The lowest BCUT2D eigenvalue weighted by molar-refractivity contribution is -0.171. The van der Waals surface area contributed by atoms with Crippen LogP contribution in [0.2, 0.25) is 0 Å². The van der Waals surface area contributed by atoms with Gasteiger partial charge in [-0.25, -0.2) is 0 Å². The van der Waals surface area contributed by atoms with E-state index in [1.807, 2.05) is 13.8 Å². The Morgan fingerprint density at radius 2 is 2.36 bits per heavy atom. The first-order chi connectivity index (χ1) is 6.63. The number of hydrogen-bond donors (Lipinski definition) is 1. The van der Waals surface area contributed by atoms with E-state index in [0.717, 1.165) is 0 Å². The lowest BCUT2D eigenvalue weighted by Gasteiger charge is -2.24. The number of hydrogen-bond acceptors (Lipinski definition) is 4. The predicted octanol–water partition coefficient (Wildman–Crippen LogP) is 0.501. The molecule has 14 heavy (non-hydrogen) atoms. The lowest BCUT2D eigenvalue weighted by atomic mass is 10.2. The topological polar surface area (TPSA) is 55.8 Å². The van der Waals surface area contributed by atoms with Gasteiger partial charge >= 0.3 is 0 Å². The molecule has 4 nitrogen and oxygen atoms in total. The molecule has 0 unspecified atom stereocenters. The number of ether oxygens (including phenoxy) is 2. The van der Waals surface area contributed by atoms with Gasteiger partial charge in [-0.05, 0) is 18.1 Å². The van der Waals surface area contributed by atoms with Gasteiger partial charge in [0.1, 0.15) is 6.10 Å². The molecule has 0 aromatic rings. The first kappa shape index (κ1) is 11.4. The van der Waals surface area contributed by atoms with Crippen molar-refractivity contribution in [3.63, 3.8) is 0 Å². The fourth-order valence-corrected chi connectivity index (χ4v) is 1.07. The van der Waals surface area contributed by atoms with Crippen LogP contribution >= 0.6 is 0 Å². The zero-order chi connectivity index (χ0) is 10.6. The molecule has 0 aromatic carbocycles. The highest BCUT2D eigenvalue weighted by Crippen LogP contribution is 2.11. The Morgan fingerprint density at radius 1 is 1.64 bits per heavy atom. The van der Waals surface area contributed by atoms with E-state index in [0.29, 0.717) is 12.5 Å². The SMILES string of the molecule is CC(C)CO[C@@H]1C=CC(=O)[C@@H](CO)O1. The van der Waals surface area contributed by atoms with Gasteiger partial charge in [0.05, 0.1) is 13.2 Å². The summed E-state index contributed by atoms with van der Waals surface area (Å²) in [5.74, 6) is 0.203. The number of carbonyl (C=O) groups excluding carboxylic acids is 1. The van der Waals surface area contributed by atoms with E-state index in [2.05, 4.69) is 0 Å². The molecule has 0 aliphatic carbocycles. The van der Waals surface area contributed by atoms with Gasteiger partial charge in [0, 0.05) is 0 Å². The van der Waals surface area contributed by atoms with Crippen LogP contribution in [0.1, 0.15) is 13.8 Å². The highest BCUT2D eigenvalue weighted by Gasteiger charge is 2.24. The first-order valence-electron chi connectivity index (χ1n) is 4.73. The number of aliphatic hydroxyl groups excluding tert-OH is 1. The Labute approximate surface area is 83.5 Å². The minimum absolute atomic E-state index is 0.211. The predicted molar refractivity (Wildman–Crippen MR) is 50.7 cm³/mol. The Balaban J connectivity index is 2.41. The van der Waals surface area contributed by atoms with E-state index < -0.39 is 12.4 Å². The van der Waals surface area contributed by atoms with Crippen LogP contribution < -0.4 is 0 Å². The van der Waals surface area contributed by atoms with Crippen molar-refractivity contribution in [2.75, 3.05) is 13.2 Å². The number of ketones is 1. The maximum Gasteiger partial charge on any atom is 0.186 e. The zero-order valence-electron chi connectivity index (χ0n) is 8.47.